The van der Waals surface area contributed by atoms with Crippen LogP contribution in [0, 0.1) is 5.92 Å². The number of unbranched alkanes of at least 4 members (excludes halogenated alkanes) is 2. The van der Waals surface area contributed by atoms with Crippen molar-refractivity contribution in [3.8, 4) is 5.75 Å². The molecule has 0 heterocycles. The summed E-state index contributed by atoms with van der Waals surface area (Å²) in [7, 11) is 4.00. The predicted octanol–water partition coefficient (Wildman–Crippen LogP) is 3.73. The summed E-state index contributed by atoms with van der Waals surface area (Å²) in [5, 5.41) is 9.42. The largest absolute Gasteiger partial charge is 0.508 e. The highest BCUT2D eigenvalue weighted by atomic mass is 16.3. The highest BCUT2D eigenvalue weighted by molar-refractivity contribution is 5.95. The molecule has 3 heteroatoms. The number of phenolic OH excluding ortho intramolecular Hbond substituents is 1. The third-order valence-electron chi connectivity index (χ3n) is 3.45. The molecule has 0 amide bonds. The molecule has 0 saturated carbocycles. The number of rotatable bonds is 9. The zero-order valence-electron chi connectivity index (χ0n) is 13.4. The summed E-state index contributed by atoms with van der Waals surface area (Å²) in [6, 6.07) is 6.93. The minimum absolute atomic E-state index is 0.0557. The molecule has 0 saturated heterocycles. The molecule has 1 aromatic rings. The fourth-order valence-corrected chi connectivity index (χ4v) is 2.35. The highest BCUT2D eigenvalue weighted by Crippen LogP contribution is 2.15. The summed E-state index contributed by atoms with van der Waals surface area (Å²) in [5.74, 6) is 0.445. The van der Waals surface area contributed by atoms with Gasteiger partial charge in [0.15, 0.2) is 5.78 Å². The molecule has 21 heavy (non-hydrogen) atoms. The van der Waals surface area contributed by atoms with Gasteiger partial charge < -0.3 is 10.0 Å². The van der Waals surface area contributed by atoms with Crippen LogP contribution in [0.2, 0.25) is 0 Å². The van der Waals surface area contributed by atoms with Gasteiger partial charge in [0.05, 0.1) is 0 Å². The fourth-order valence-electron chi connectivity index (χ4n) is 2.35. The van der Waals surface area contributed by atoms with Crippen molar-refractivity contribution in [3.05, 3.63) is 35.9 Å². The highest BCUT2D eigenvalue weighted by Gasteiger charge is 2.16. The van der Waals surface area contributed by atoms with E-state index in [1.165, 1.54) is 12.8 Å². The maximum absolute atomic E-state index is 12.4. The average molecular weight is 289 g/mol. The first-order chi connectivity index (χ1) is 10.0. The van der Waals surface area contributed by atoms with E-state index in [-0.39, 0.29) is 17.5 Å². The maximum Gasteiger partial charge on any atom is 0.160 e. The second-order valence-corrected chi connectivity index (χ2v) is 5.79. The molecule has 1 rings (SSSR count). The first-order valence-corrected chi connectivity index (χ1v) is 7.68. The van der Waals surface area contributed by atoms with Crippen molar-refractivity contribution in [3.63, 3.8) is 0 Å². The molecule has 1 aromatic carbocycles. The molecular weight excluding hydrogens is 262 g/mol. The summed E-state index contributed by atoms with van der Waals surface area (Å²) < 4.78 is 0. The zero-order chi connectivity index (χ0) is 15.7. The Labute approximate surface area is 128 Å². The molecule has 0 aromatic heterocycles. The second-order valence-electron chi connectivity index (χ2n) is 5.79. The molecule has 0 bridgehead atoms. The summed E-state index contributed by atoms with van der Waals surface area (Å²) in [4.78, 5) is 14.4. The number of benzene rings is 1. The van der Waals surface area contributed by atoms with E-state index in [1.54, 1.807) is 30.4 Å². The van der Waals surface area contributed by atoms with Crippen LogP contribution >= 0.6 is 0 Å². The van der Waals surface area contributed by atoms with Gasteiger partial charge >= 0.3 is 0 Å². The molecule has 0 aliphatic carbocycles. The standard InChI is InChI=1S/C18H27NO2/c1-4-5-6-9-16(14-19(2)3)18(21)12-11-15-8-7-10-17(20)13-15/h7-8,10-13,16,20H,4-6,9,14H2,1-3H3/b12-11-/t16-/m1/s1. The van der Waals surface area contributed by atoms with E-state index in [0.717, 1.165) is 24.9 Å². The van der Waals surface area contributed by atoms with Gasteiger partial charge in [-0.2, -0.15) is 0 Å². The molecule has 116 valence electrons. The Balaban J connectivity index is 2.66. The Bertz CT molecular complexity index is 466. The Morgan fingerprint density at radius 1 is 1.33 bits per heavy atom. The number of hydrogen-bond donors (Lipinski definition) is 1. The van der Waals surface area contributed by atoms with E-state index in [4.69, 9.17) is 0 Å². The van der Waals surface area contributed by atoms with Crippen LogP contribution in [0.1, 0.15) is 38.2 Å². The van der Waals surface area contributed by atoms with E-state index in [9.17, 15) is 9.90 Å². The van der Waals surface area contributed by atoms with Crippen LogP contribution in [0.25, 0.3) is 6.08 Å². The number of carbonyl (C=O) groups excluding carboxylic acids is 1. The van der Waals surface area contributed by atoms with E-state index >= 15 is 0 Å². The summed E-state index contributed by atoms with van der Waals surface area (Å²) in [5.41, 5.74) is 0.848. The lowest BCUT2D eigenvalue weighted by Crippen LogP contribution is -2.27. The third kappa shape index (κ3) is 7.09. The second kappa shape index (κ2) is 9.35. The van der Waals surface area contributed by atoms with Crippen molar-refractivity contribution in [2.75, 3.05) is 20.6 Å². The van der Waals surface area contributed by atoms with Crippen LogP contribution in [0.3, 0.4) is 0 Å². The lowest BCUT2D eigenvalue weighted by molar-refractivity contribution is -0.118. The normalized spacial score (nSPS) is 13.0. The topological polar surface area (TPSA) is 40.5 Å². The van der Waals surface area contributed by atoms with Crippen LogP contribution in [0.5, 0.6) is 5.75 Å². The molecule has 0 unspecified atom stereocenters. The third-order valence-corrected chi connectivity index (χ3v) is 3.45. The van der Waals surface area contributed by atoms with Gasteiger partial charge in [-0.05, 0) is 44.3 Å². The van der Waals surface area contributed by atoms with E-state index < -0.39 is 0 Å². The summed E-state index contributed by atoms with van der Waals surface area (Å²) in [6.07, 6.45) is 7.81. The van der Waals surface area contributed by atoms with E-state index in [0.29, 0.717) is 0 Å². The number of allylic oxidation sites excluding steroid dienone is 1. The van der Waals surface area contributed by atoms with Crippen LogP contribution in [0.15, 0.2) is 30.3 Å². The van der Waals surface area contributed by atoms with Gasteiger partial charge in [0, 0.05) is 12.5 Å². The number of nitrogens with zero attached hydrogens (tertiary/aromatic N) is 1. The minimum atomic E-state index is 0.0557. The molecule has 0 radical (unpaired) electrons. The molecule has 0 aliphatic rings. The average Bonchev–Trinajstić information content (AvgIpc) is 2.43. The Kier molecular flexibility index (Phi) is 7.76. The van der Waals surface area contributed by atoms with Crippen molar-refractivity contribution in [2.45, 2.75) is 32.6 Å². The number of carbonyl (C=O) groups is 1. The van der Waals surface area contributed by atoms with Gasteiger partial charge in [-0.3, -0.25) is 4.79 Å². The zero-order valence-corrected chi connectivity index (χ0v) is 13.4. The first-order valence-electron chi connectivity index (χ1n) is 7.68. The lowest BCUT2D eigenvalue weighted by atomic mass is 9.95. The van der Waals surface area contributed by atoms with Crippen LogP contribution in [0.4, 0.5) is 0 Å². The molecule has 3 nitrogen and oxygen atoms in total. The molecule has 0 aliphatic heterocycles. The molecule has 0 fully saturated rings. The van der Waals surface area contributed by atoms with Gasteiger partial charge in [-0.1, -0.05) is 44.4 Å². The SMILES string of the molecule is CCCCC[C@H](CN(C)C)C(=O)/C=C\c1cccc(O)c1. The Hall–Kier alpha value is -1.61. The van der Waals surface area contributed by atoms with Crippen molar-refractivity contribution in [1.82, 2.24) is 4.90 Å². The molecule has 1 atom stereocenters. The van der Waals surface area contributed by atoms with Crippen LogP contribution < -0.4 is 0 Å². The van der Waals surface area contributed by atoms with Crippen LogP contribution in [-0.4, -0.2) is 36.4 Å². The van der Waals surface area contributed by atoms with Crippen LogP contribution in [-0.2, 0) is 4.79 Å². The minimum Gasteiger partial charge on any atom is -0.508 e. The van der Waals surface area contributed by atoms with Gasteiger partial charge in [0.2, 0.25) is 0 Å². The molecule has 1 N–H and O–H groups in total. The quantitative estimate of drug-likeness (QED) is 0.556. The number of ketones is 1. The van der Waals surface area contributed by atoms with Crippen molar-refractivity contribution < 1.29 is 9.90 Å². The summed E-state index contributed by atoms with van der Waals surface area (Å²) in [6.45, 7) is 2.96. The fraction of sp³-hybridized carbons (Fsp3) is 0.500. The number of phenols is 1. The number of aromatic hydroxyl groups is 1. The van der Waals surface area contributed by atoms with Gasteiger partial charge in [-0.25, -0.2) is 0 Å². The first kappa shape index (κ1) is 17.4. The van der Waals surface area contributed by atoms with Gasteiger partial charge in [0.25, 0.3) is 0 Å². The van der Waals surface area contributed by atoms with E-state index in [2.05, 4.69) is 11.8 Å². The molecular formula is C18H27NO2. The molecule has 0 spiro atoms. The smallest absolute Gasteiger partial charge is 0.160 e. The van der Waals surface area contributed by atoms with Crippen molar-refractivity contribution >= 4 is 11.9 Å². The van der Waals surface area contributed by atoms with E-state index in [1.807, 2.05) is 20.2 Å². The Morgan fingerprint density at radius 2 is 2.10 bits per heavy atom. The lowest BCUT2D eigenvalue weighted by Gasteiger charge is -2.18. The Morgan fingerprint density at radius 3 is 2.71 bits per heavy atom. The van der Waals surface area contributed by atoms with Gasteiger partial charge in [-0.15, -0.1) is 0 Å². The van der Waals surface area contributed by atoms with Crippen molar-refractivity contribution in [1.29, 1.82) is 0 Å². The monoisotopic (exact) mass is 289 g/mol. The summed E-state index contributed by atoms with van der Waals surface area (Å²) >= 11 is 0. The van der Waals surface area contributed by atoms with Gasteiger partial charge in [0.1, 0.15) is 5.75 Å². The predicted molar refractivity (Wildman–Crippen MR) is 88.3 cm³/mol. The maximum atomic E-state index is 12.4. The number of hydrogen-bond acceptors (Lipinski definition) is 3. The van der Waals surface area contributed by atoms with Crippen molar-refractivity contribution in [2.24, 2.45) is 5.92 Å².